The lowest BCUT2D eigenvalue weighted by molar-refractivity contribution is -0.427. The maximum absolute atomic E-state index is 12.6. The predicted octanol–water partition coefficient (Wildman–Crippen LogP) is 1.93. The van der Waals surface area contributed by atoms with Gasteiger partial charge >= 0.3 is 11.9 Å². The van der Waals surface area contributed by atoms with Crippen molar-refractivity contribution in [1.82, 2.24) is 10.6 Å². The molecule has 2 aromatic carbocycles. The van der Waals surface area contributed by atoms with E-state index in [1.54, 1.807) is 72.8 Å². The first-order valence-corrected chi connectivity index (χ1v) is 14.1. The second-order valence-corrected chi connectivity index (χ2v) is 9.86. The zero-order chi connectivity index (χ0) is 34.8. The van der Waals surface area contributed by atoms with Gasteiger partial charge in [0, 0.05) is 37.1 Å². The summed E-state index contributed by atoms with van der Waals surface area (Å²) in [7, 11) is 0. The molecule has 0 aliphatic carbocycles. The van der Waals surface area contributed by atoms with Gasteiger partial charge in [-0.05, 0) is 48.2 Å². The average Bonchev–Trinajstić information content (AvgIpc) is 3.02. The van der Waals surface area contributed by atoms with Crippen LogP contribution in [-0.4, -0.2) is 62.7 Å². The molecule has 15 heteroatoms. The maximum Gasteiger partial charge on any atom is 0.326 e. The summed E-state index contributed by atoms with van der Waals surface area (Å²) in [6.07, 6.45) is 11.0. The molecule has 246 valence electrons. The minimum Gasteiger partial charge on any atom is -0.480 e. The molecule has 9 N–H and O–H groups in total. The highest BCUT2D eigenvalue weighted by Gasteiger charge is 2.20. The standard InChI is InChI=1S/C32H34N6O9/c33-27(39)19-17-25(31(43)44)35-29(41)7-3-1-5-21-9-13-23(14-10-21)37-38(47)24-15-11-22(12-16-24)6-2-4-8-30(42)36-26(32(45)46)18-20-28(34)40/h1-16,25-26H,17-20H2,(H8-,33,34,35,36,37,39,40,41,42,43,44,45,46,47)/p+1/b6-2+,8-4+/t25-,26-/m0/s1. The maximum atomic E-state index is 12.6. The number of hydrogen-bond donors (Lipinski definition) is 7. The summed E-state index contributed by atoms with van der Waals surface area (Å²) in [5, 5.41) is 22.9. The van der Waals surface area contributed by atoms with Crippen molar-refractivity contribution < 1.29 is 43.8 Å². The summed E-state index contributed by atoms with van der Waals surface area (Å²) in [6.45, 7) is 0. The Hall–Kier alpha value is -6.38. The van der Waals surface area contributed by atoms with Crippen molar-refractivity contribution in [3.63, 3.8) is 0 Å². The van der Waals surface area contributed by atoms with E-state index in [0.717, 1.165) is 23.3 Å². The Morgan fingerprint density at radius 3 is 1.45 bits per heavy atom. The van der Waals surface area contributed by atoms with E-state index in [2.05, 4.69) is 16.1 Å². The number of nitrogens with zero attached hydrogens (tertiary/aromatic N) is 1. The van der Waals surface area contributed by atoms with Crippen LogP contribution in [0.4, 0.5) is 11.4 Å². The number of nitrogens with one attached hydrogen (secondary N) is 3. The average molecular weight is 648 g/mol. The number of amides is 4. The molecule has 2 atom stereocenters. The first-order valence-electron chi connectivity index (χ1n) is 14.1. The Labute approximate surface area is 269 Å². The molecule has 2 aromatic rings. The number of carbonyl (C=O) groups is 6. The third-order valence-electron chi connectivity index (χ3n) is 6.15. The molecule has 0 fully saturated rings. The van der Waals surface area contributed by atoms with Crippen molar-refractivity contribution in [2.24, 2.45) is 11.5 Å². The lowest BCUT2D eigenvalue weighted by Crippen LogP contribution is -2.40. The van der Waals surface area contributed by atoms with Gasteiger partial charge < -0.3 is 32.3 Å². The van der Waals surface area contributed by atoms with Gasteiger partial charge in [0.25, 0.3) is 5.69 Å². The zero-order valence-corrected chi connectivity index (χ0v) is 25.1. The number of benzene rings is 2. The molecule has 15 nitrogen and oxygen atoms in total. The number of nitroso groups, excluding NO2 is 1. The molecule has 0 unspecified atom stereocenters. The normalized spacial score (nSPS) is 12.6. The van der Waals surface area contributed by atoms with Crippen LogP contribution in [-0.2, 0) is 28.8 Å². The second kappa shape index (κ2) is 19.1. The van der Waals surface area contributed by atoms with E-state index in [9.17, 15) is 33.7 Å². The number of carbonyl (C=O) groups excluding carboxylic acids is 4. The van der Waals surface area contributed by atoms with E-state index >= 15 is 0 Å². The van der Waals surface area contributed by atoms with Crippen LogP contribution in [0, 0.1) is 4.91 Å². The van der Waals surface area contributed by atoms with Crippen LogP contribution in [0.25, 0.3) is 12.2 Å². The van der Waals surface area contributed by atoms with E-state index in [1.165, 1.54) is 12.2 Å². The summed E-state index contributed by atoms with van der Waals surface area (Å²) in [5.74, 6) is -5.18. The van der Waals surface area contributed by atoms with Crippen LogP contribution in [0.15, 0.2) is 85.0 Å². The molecule has 0 radical (unpaired) electrons. The number of hydrogen-bond acceptors (Lipinski definition) is 7. The third kappa shape index (κ3) is 14.8. The number of carboxylic acid groups (broad SMARTS) is 2. The van der Waals surface area contributed by atoms with Gasteiger partial charge in [-0.1, -0.05) is 48.6 Å². The van der Waals surface area contributed by atoms with Gasteiger partial charge in [0.05, 0.1) is 4.91 Å². The lowest BCUT2D eigenvalue weighted by atomic mass is 10.1. The van der Waals surface area contributed by atoms with E-state index in [4.69, 9.17) is 21.7 Å². The fourth-order valence-corrected chi connectivity index (χ4v) is 3.72. The number of anilines is 1. The molecular weight excluding hydrogens is 612 g/mol. The van der Waals surface area contributed by atoms with E-state index < -0.39 is 47.7 Å². The van der Waals surface area contributed by atoms with Gasteiger partial charge in [-0.2, -0.15) is 0 Å². The SMILES string of the molecule is NC(=O)CC[C@H](NC(=O)C=CC=Cc1ccc(N[N+](=O)c2ccc(/C=C/C=C/C(=O)N[C@@H](CCC(N)=O)C(=O)O)cc2)cc1)C(=O)O. The number of carboxylic acids is 2. The summed E-state index contributed by atoms with van der Waals surface area (Å²) >= 11 is 0. The number of nitrogens with two attached hydrogens (primary N) is 2. The quantitative estimate of drug-likeness (QED) is 0.0505. The Bertz CT molecular complexity index is 1580. The number of aliphatic carboxylic acids is 2. The van der Waals surface area contributed by atoms with Gasteiger partial charge in [0.2, 0.25) is 23.6 Å². The smallest absolute Gasteiger partial charge is 0.326 e. The van der Waals surface area contributed by atoms with Gasteiger partial charge in [-0.3, -0.25) is 19.2 Å². The molecule has 0 aliphatic rings. The van der Waals surface area contributed by atoms with Gasteiger partial charge in [-0.25, -0.2) is 9.59 Å². The molecule has 0 aromatic heterocycles. The topological polar surface area (TPSA) is 251 Å². The molecule has 0 bridgehead atoms. The van der Waals surface area contributed by atoms with E-state index in [-0.39, 0.29) is 25.7 Å². The minimum absolute atomic E-state index is 0.117. The molecular formula is C32H35N6O9+. The van der Waals surface area contributed by atoms with Gasteiger partial charge in [-0.15, -0.1) is 5.43 Å². The highest BCUT2D eigenvalue weighted by Crippen LogP contribution is 2.17. The van der Waals surface area contributed by atoms with Gasteiger partial charge in [0.15, 0.2) is 4.87 Å². The van der Waals surface area contributed by atoms with Crippen molar-refractivity contribution >= 4 is 59.1 Å². The Balaban J connectivity index is 1.84. The van der Waals surface area contributed by atoms with E-state index in [1.807, 2.05) is 0 Å². The molecule has 0 spiro atoms. The number of primary amides is 2. The Kier molecular flexibility index (Phi) is 15.0. The first kappa shape index (κ1) is 36.8. The van der Waals surface area contributed by atoms with Crippen LogP contribution >= 0.6 is 0 Å². The third-order valence-corrected chi connectivity index (χ3v) is 6.15. The summed E-state index contributed by atoms with van der Waals surface area (Å²) in [4.78, 5) is 81.2. The minimum atomic E-state index is -1.28. The predicted molar refractivity (Wildman–Crippen MR) is 172 cm³/mol. The molecule has 0 saturated carbocycles. The van der Waals surface area contributed by atoms with Crippen molar-refractivity contribution in [3.8, 4) is 0 Å². The van der Waals surface area contributed by atoms with Crippen molar-refractivity contribution in [2.75, 3.05) is 5.43 Å². The van der Waals surface area contributed by atoms with E-state index in [0.29, 0.717) is 16.2 Å². The fourth-order valence-electron chi connectivity index (χ4n) is 3.72. The fraction of sp³-hybridized carbons (Fsp3) is 0.188. The van der Waals surface area contributed by atoms with Crippen molar-refractivity contribution in [3.05, 3.63) is 101 Å². The van der Waals surface area contributed by atoms with Crippen LogP contribution < -0.4 is 27.5 Å². The molecule has 0 heterocycles. The highest BCUT2D eigenvalue weighted by molar-refractivity contribution is 5.92. The molecule has 47 heavy (non-hydrogen) atoms. The summed E-state index contributed by atoms with van der Waals surface area (Å²) in [5.41, 5.74) is 15.1. The van der Waals surface area contributed by atoms with Gasteiger partial charge in [0.1, 0.15) is 17.8 Å². The first-order chi connectivity index (χ1) is 22.3. The highest BCUT2D eigenvalue weighted by atomic mass is 16.4. The molecule has 4 amide bonds. The number of hydrazine groups is 1. The lowest BCUT2D eigenvalue weighted by Gasteiger charge is -2.11. The molecule has 0 aliphatic heterocycles. The number of rotatable bonds is 19. The molecule has 0 saturated heterocycles. The zero-order valence-electron chi connectivity index (χ0n) is 25.1. The largest absolute Gasteiger partial charge is 0.480 e. The van der Waals surface area contributed by atoms with Crippen LogP contribution in [0.3, 0.4) is 0 Å². The second-order valence-electron chi connectivity index (χ2n) is 9.86. The van der Waals surface area contributed by atoms with Crippen molar-refractivity contribution in [2.45, 2.75) is 37.8 Å². The molecule has 2 rings (SSSR count). The summed E-state index contributed by atoms with van der Waals surface area (Å²) in [6, 6.07) is 10.9. The summed E-state index contributed by atoms with van der Waals surface area (Å²) < 4.78 is 0. The van der Waals surface area contributed by atoms with Crippen LogP contribution in [0.5, 0.6) is 0 Å². The monoisotopic (exact) mass is 647 g/mol. The number of allylic oxidation sites excluding steroid dienone is 4. The van der Waals surface area contributed by atoms with Crippen molar-refractivity contribution in [1.29, 1.82) is 0 Å². The Morgan fingerprint density at radius 1 is 0.660 bits per heavy atom. The Morgan fingerprint density at radius 2 is 1.06 bits per heavy atom. The van der Waals surface area contributed by atoms with Crippen LogP contribution in [0.2, 0.25) is 0 Å². The van der Waals surface area contributed by atoms with Crippen LogP contribution in [0.1, 0.15) is 36.8 Å².